The van der Waals surface area contributed by atoms with Crippen LogP contribution < -0.4 is 4.90 Å². The van der Waals surface area contributed by atoms with Crippen LogP contribution in [0.4, 0.5) is 5.69 Å². The summed E-state index contributed by atoms with van der Waals surface area (Å²) < 4.78 is 0. The quantitative estimate of drug-likeness (QED) is 0.667. The lowest BCUT2D eigenvalue weighted by Crippen LogP contribution is -2.06. The number of hydrogen-bond donors (Lipinski definition) is 0. The highest BCUT2D eigenvalue weighted by Gasteiger charge is 1.91. The van der Waals surface area contributed by atoms with Gasteiger partial charge in [0.05, 0.1) is 0 Å². The van der Waals surface area contributed by atoms with E-state index in [1.165, 1.54) is 5.69 Å². The zero-order chi connectivity index (χ0) is 10.9. The van der Waals surface area contributed by atoms with Gasteiger partial charge >= 0.3 is 0 Å². The van der Waals surface area contributed by atoms with Gasteiger partial charge in [-0.1, -0.05) is 42.5 Å². The second-order valence-corrected chi connectivity index (χ2v) is 3.20. The number of para-hydroxylation sites is 1. The fourth-order valence-electron chi connectivity index (χ4n) is 1.17. The minimum Gasteiger partial charge on any atom is -0.351 e. The van der Waals surface area contributed by atoms with Gasteiger partial charge in [-0.3, -0.25) is 0 Å². The highest BCUT2D eigenvalue weighted by molar-refractivity contribution is 5.48. The summed E-state index contributed by atoms with van der Waals surface area (Å²) >= 11 is 0. The Bertz CT molecular complexity index is 347. The molecule has 0 fully saturated rings. The molecule has 0 aliphatic heterocycles. The van der Waals surface area contributed by atoms with E-state index in [0.29, 0.717) is 0 Å². The molecule has 1 heteroatoms. The van der Waals surface area contributed by atoms with Gasteiger partial charge in [0.15, 0.2) is 0 Å². The van der Waals surface area contributed by atoms with E-state index in [4.69, 9.17) is 0 Å². The van der Waals surface area contributed by atoms with Crippen LogP contribution in [0, 0.1) is 0 Å². The van der Waals surface area contributed by atoms with Crippen molar-refractivity contribution in [3.63, 3.8) is 0 Å². The first-order valence-electron chi connectivity index (χ1n) is 5.08. The molecule has 0 heterocycles. The fraction of sp³-hybridized carbons (Fsp3) is 0.143. The second-order valence-electron chi connectivity index (χ2n) is 3.20. The Balaban J connectivity index is 2.52. The zero-order valence-electron chi connectivity index (χ0n) is 9.30. The van der Waals surface area contributed by atoms with Crippen molar-refractivity contribution in [2.24, 2.45) is 0 Å². The molecule has 0 spiro atoms. The molecule has 1 nitrogen and oxygen atoms in total. The zero-order valence-corrected chi connectivity index (χ0v) is 9.30. The molecule has 0 saturated carbocycles. The third kappa shape index (κ3) is 4.32. The summed E-state index contributed by atoms with van der Waals surface area (Å²) in [4.78, 5) is 2.08. The Labute approximate surface area is 92.0 Å². The molecule has 1 aromatic carbocycles. The monoisotopic (exact) mass is 199 g/mol. The van der Waals surface area contributed by atoms with Gasteiger partial charge in [0.1, 0.15) is 0 Å². The van der Waals surface area contributed by atoms with Crippen molar-refractivity contribution in [1.29, 1.82) is 0 Å². The van der Waals surface area contributed by atoms with Gasteiger partial charge in [-0.25, -0.2) is 0 Å². The lowest BCUT2D eigenvalue weighted by atomic mass is 10.3. The molecule has 0 aliphatic carbocycles. The highest BCUT2D eigenvalue weighted by Crippen LogP contribution is 2.10. The number of hydrogen-bond acceptors (Lipinski definition) is 1. The summed E-state index contributed by atoms with van der Waals surface area (Å²) in [6.45, 7) is 2.00. The third-order valence-electron chi connectivity index (χ3n) is 2.00. The summed E-state index contributed by atoms with van der Waals surface area (Å²) in [7, 11) is 2.04. The standard InChI is InChI=1S/C14H17N/c1-3-4-5-6-10-13-15(2)14-11-8-7-9-12-14/h3-13H,1-2H3. The van der Waals surface area contributed by atoms with Crippen molar-refractivity contribution in [3.05, 3.63) is 66.9 Å². The van der Waals surface area contributed by atoms with Gasteiger partial charge in [-0.05, 0) is 25.1 Å². The predicted octanol–water partition coefficient (Wildman–Crippen LogP) is 3.77. The molecule has 78 valence electrons. The number of nitrogens with zero attached hydrogens (tertiary/aromatic N) is 1. The molecule has 0 atom stereocenters. The molecule has 0 amide bonds. The van der Waals surface area contributed by atoms with Gasteiger partial charge in [0.25, 0.3) is 0 Å². The fourth-order valence-corrected chi connectivity index (χ4v) is 1.17. The van der Waals surface area contributed by atoms with Crippen LogP contribution in [-0.4, -0.2) is 7.05 Å². The summed E-state index contributed by atoms with van der Waals surface area (Å²) in [5.41, 5.74) is 1.19. The molecule has 0 N–H and O–H groups in total. The van der Waals surface area contributed by atoms with Gasteiger partial charge < -0.3 is 4.90 Å². The Morgan fingerprint density at radius 2 is 1.60 bits per heavy atom. The van der Waals surface area contributed by atoms with Crippen LogP contribution in [0.1, 0.15) is 6.92 Å². The summed E-state index contributed by atoms with van der Waals surface area (Å²) in [6.07, 6.45) is 12.1. The van der Waals surface area contributed by atoms with Crippen LogP contribution in [0.15, 0.2) is 66.9 Å². The predicted molar refractivity (Wildman–Crippen MR) is 67.9 cm³/mol. The molecular formula is C14H17N. The van der Waals surface area contributed by atoms with Crippen molar-refractivity contribution < 1.29 is 0 Å². The molecule has 0 saturated heterocycles. The first kappa shape index (κ1) is 11.3. The van der Waals surface area contributed by atoms with Gasteiger partial charge in [0.2, 0.25) is 0 Å². The van der Waals surface area contributed by atoms with Crippen molar-refractivity contribution in [3.8, 4) is 0 Å². The largest absolute Gasteiger partial charge is 0.351 e. The molecule has 0 aromatic heterocycles. The van der Waals surface area contributed by atoms with Crippen molar-refractivity contribution in [2.45, 2.75) is 6.92 Å². The van der Waals surface area contributed by atoms with E-state index in [1.807, 2.05) is 68.8 Å². The van der Waals surface area contributed by atoms with E-state index >= 15 is 0 Å². The Morgan fingerprint density at radius 3 is 2.27 bits per heavy atom. The van der Waals surface area contributed by atoms with Crippen LogP contribution in [0.5, 0.6) is 0 Å². The average Bonchev–Trinajstić information content (AvgIpc) is 2.30. The highest BCUT2D eigenvalue weighted by atomic mass is 15.1. The minimum atomic E-state index is 1.19. The van der Waals surface area contributed by atoms with Gasteiger partial charge in [-0.2, -0.15) is 0 Å². The van der Waals surface area contributed by atoms with Crippen LogP contribution >= 0.6 is 0 Å². The number of allylic oxidation sites excluding steroid dienone is 5. The number of benzene rings is 1. The van der Waals surface area contributed by atoms with Crippen LogP contribution in [0.3, 0.4) is 0 Å². The molecule has 15 heavy (non-hydrogen) atoms. The first-order chi connectivity index (χ1) is 7.34. The van der Waals surface area contributed by atoms with Gasteiger partial charge in [0, 0.05) is 18.9 Å². The van der Waals surface area contributed by atoms with E-state index in [-0.39, 0.29) is 0 Å². The smallest absolute Gasteiger partial charge is 0.0403 e. The Hall–Kier alpha value is -1.76. The van der Waals surface area contributed by atoms with Gasteiger partial charge in [-0.15, -0.1) is 0 Å². The Kier molecular flexibility index (Phi) is 5.02. The van der Waals surface area contributed by atoms with E-state index in [1.54, 1.807) is 0 Å². The van der Waals surface area contributed by atoms with Crippen molar-refractivity contribution in [2.75, 3.05) is 11.9 Å². The lowest BCUT2D eigenvalue weighted by molar-refractivity contribution is 1.20. The Morgan fingerprint density at radius 1 is 0.933 bits per heavy atom. The van der Waals surface area contributed by atoms with E-state index in [2.05, 4.69) is 17.0 Å². The van der Waals surface area contributed by atoms with Crippen LogP contribution in [-0.2, 0) is 0 Å². The summed E-state index contributed by atoms with van der Waals surface area (Å²) in [5, 5.41) is 0. The molecule has 1 rings (SSSR count). The number of anilines is 1. The lowest BCUT2D eigenvalue weighted by Gasteiger charge is -2.12. The van der Waals surface area contributed by atoms with Crippen LogP contribution in [0.2, 0.25) is 0 Å². The maximum Gasteiger partial charge on any atom is 0.0403 e. The second kappa shape index (κ2) is 6.66. The molecule has 0 unspecified atom stereocenters. The van der Waals surface area contributed by atoms with Crippen molar-refractivity contribution in [1.82, 2.24) is 0 Å². The molecule has 1 aromatic rings. The SMILES string of the molecule is CC=CC=CC=CN(C)c1ccccc1. The summed E-state index contributed by atoms with van der Waals surface area (Å²) in [6, 6.07) is 10.3. The van der Waals surface area contributed by atoms with Crippen LogP contribution in [0.25, 0.3) is 0 Å². The minimum absolute atomic E-state index is 1.19. The van der Waals surface area contributed by atoms with E-state index in [0.717, 1.165) is 0 Å². The van der Waals surface area contributed by atoms with E-state index in [9.17, 15) is 0 Å². The topological polar surface area (TPSA) is 3.24 Å². The molecule has 0 radical (unpaired) electrons. The maximum absolute atomic E-state index is 2.08. The van der Waals surface area contributed by atoms with E-state index < -0.39 is 0 Å². The third-order valence-corrected chi connectivity index (χ3v) is 2.00. The first-order valence-corrected chi connectivity index (χ1v) is 5.08. The molecular weight excluding hydrogens is 182 g/mol. The summed E-state index contributed by atoms with van der Waals surface area (Å²) in [5.74, 6) is 0. The van der Waals surface area contributed by atoms with Crippen molar-refractivity contribution >= 4 is 5.69 Å². The average molecular weight is 199 g/mol. The maximum atomic E-state index is 2.08. The molecule has 0 aliphatic rings. The normalized spacial score (nSPS) is 11.9. The molecule has 0 bridgehead atoms. The number of rotatable bonds is 4.